The van der Waals surface area contributed by atoms with E-state index in [9.17, 15) is 40.5 Å². The first kappa shape index (κ1) is 40.7. The Bertz CT molecular complexity index is 974. The molecular weight excluding hydrogens is 648 g/mol. The number of aliphatic hydroxyl groups excluding tert-OH is 7. The number of unbranched alkanes of at least 4 members (excludes halogenated alkanes) is 2. The molecule has 286 valence electrons. The molecule has 0 bridgehead atoms. The highest BCUT2D eigenvalue weighted by molar-refractivity contribution is 5.69. The van der Waals surface area contributed by atoms with Gasteiger partial charge in [-0.15, -0.1) is 0 Å². The molecule has 4 fully saturated rings. The summed E-state index contributed by atoms with van der Waals surface area (Å²) in [5, 5.41) is 75.6. The van der Waals surface area contributed by atoms with E-state index in [1.807, 2.05) is 0 Å². The topological polar surface area (TPSA) is 223 Å². The monoisotopic (exact) mass is 708 g/mol. The van der Waals surface area contributed by atoms with Crippen molar-refractivity contribution in [1.29, 1.82) is 0 Å². The van der Waals surface area contributed by atoms with Crippen LogP contribution in [0.4, 0.5) is 0 Å². The molecule has 4 heterocycles. The van der Waals surface area contributed by atoms with Crippen molar-refractivity contribution in [2.75, 3.05) is 6.61 Å². The number of carbonyl (C=O) groups is 1. The van der Waals surface area contributed by atoms with Crippen molar-refractivity contribution in [2.24, 2.45) is 0 Å². The van der Waals surface area contributed by atoms with Gasteiger partial charge >= 0.3 is 5.97 Å². The Hall–Kier alpha value is -1.05. The lowest BCUT2D eigenvalue weighted by atomic mass is 9.96. The Labute approximate surface area is 288 Å². The first-order valence-electron chi connectivity index (χ1n) is 18.3. The Kier molecular flexibility index (Phi) is 16.4. The quantitative estimate of drug-likeness (QED) is 0.153. The van der Waals surface area contributed by atoms with Crippen molar-refractivity contribution in [3.05, 3.63) is 0 Å². The Balaban J connectivity index is 1.67. The van der Waals surface area contributed by atoms with E-state index >= 15 is 0 Å². The lowest BCUT2D eigenvalue weighted by Crippen LogP contribution is -2.66. The average Bonchev–Trinajstić information content (AvgIpc) is 3.07. The molecule has 0 spiro atoms. The molecule has 4 rings (SSSR count). The first-order chi connectivity index (χ1) is 23.5. The second-order valence-corrected chi connectivity index (χ2v) is 14.0. The van der Waals surface area contributed by atoms with Crippen molar-refractivity contribution in [1.82, 2.24) is 0 Å². The van der Waals surface area contributed by atoms with Crippen LogP contribution in [0.25, 0.3) is 0 Å². The van der Waals surface area contributed by atoms with Gasteiger partial charge in [0.15, 0.2) is 25.0 Å². The SMILES string of the molecule is CCCCC[C@H]1CCCCCCCCCC(=O)O[C@H]2[C@H](O[C@@H]3[C@@H](O[C@H]4[C@H](O1)O[C@H](C)[C@H](O)[C@@H]4O)O[C@H](CO)[C@@H](O)[C@@H]3O)O[C@H](C)[C@@H](O)[C@@H]2O. The van der Waals surface area contributed by atoms with Gasteiger partial charge in [0.2, 0.25) is 0 Å². The summed E-state index contributed by atoms with van der Waals surface area (Å²) in [5.74, 6) is -0.637. The van der Waals surface area contributed by atoms with Gasteiger partial charge in [-0.2, -0.15) is 0 Å². The third kappa shape index (κ3) is 10.7. The Morgan fingerprint density at radius 2 is 1.10 bits per heavy atom. The Morgan fingerprint density at radius 1 is 0.592 bits per heavy atom. The molecule has 15 heteroatoms. The van der Waals surface area contributed by atoms with Crippen molar-refractivity contribution < 1.29 is 73.7 Å². The second kappa shape index (κ2) is 19.7. The van der Waals surface area contributed by atoms with Crippen molar-refractivity contribution >= 4 is 5.97 Å². The van der Waals surface area contributed by atoms with Crippen molar-refractivity contribution in [2.45, 2.75) is 202 Å². The highest BCUT2D eigenvalue weighted by Gasteiger charge is 2.54. The van der Waals surface area contributed by atoms with E-state index in [1.54, 1.807) is 6.92 Å². The van der Waals surface area contributed by atoms with E-state index in [1.165, 1.54) is 6.92 Å². The minimum atomic E-state index is -1.77. The zero-order valence-electron chi connectivity index (χ0n) is 29.0. The standard InChI is InChI=1S/C34H60O15/c1-4-5-11-14-20-15-12-9-7-6-8-10-13-16-22(36)47-29-26(40)23(37)19(3)44-33(29)48-31-28(42)25(39)21(17-35)46-34(31)49-30-27(41)24(38)18(2)43-32(30)45-20/h18-21,23-35,37-42H,4-17H2,1-3H3/t18-,19-,20+,21-,23-,24+,25-,26+,27+,28+,29-,30-,31+,32+,33+,34-/m1/s1. The van der Waals surface area contributed by atoms with Crippen molar-refractivity contribution in [3.63, 3.8) is 0 Å². The maximum atomic E-state index is 12.9. The predicted octanol–water partition coefficient (Wildman–Crippen LogP) is 0.531. The number of aliphatic hydroxyl groups is 7. The molecule has 0 unspecified atom stereocenters. The van der Waals surface area contributed by atoms with Crippen LogP contribution in [-0.4, -0.2) is 147 Å². The van der Waals surface area contributed by atoms with Crippen LogP contribution in [0.3, 0.4) is 0 Å². The zero-order valence-corrected chi connectivity index (χ0v) is 29.0. The lowest BCUT2D eigenvalue weighted by molar-refractivity contribution is -0.393. The zero-order chi connectivity index (χ0) is 35.7. The normalized spacial score (nSPS) is 45.6. The summed E-state index contributed by atoms with van der Waals surface area (Å²) in [6.07, 6.45) is -11.0. The molecular formula is C34H60O15. The van der Waals surface area contributed by atoms with Gasteiger partial charge in [-0.05, 0) is 33.1 Å². The van der Waals surface area contributed by atoms with Gasteiger partial charge in [0.1, 0.15) is 54.9 Å². The summed E-state index contributed by atoms with van der Waals surface area (Å²) in [7, 11) is 0. The maximum absolute atomic E-state index is 12.9. The molecule has 0 aromatic carbocycles. The lowest BCUT2D eigenvalue weighted by Gasteiger charge is -2.48. The van der Waals surface area contributed by atoms with Crippen molar-refractivity contribution in [3.8, 4) is 0 Å². The first-order valence-corrected chi connectivity index (χ1v) is 18.3. The highest BCUT2D eigenvalue weighted by atomic mass is 16.8. The van der Waals surface area contributed by atoms with Crippen LogP contribution in [0.2, 0.25) is 0 Å². The molecule has 15 nitrogen and oxygen atoms in total. The molecule has 4 aliphatic rings. The van der Waals surface area contributed by atoms with Crippen LogP contribution < -0.4 is 0 Å². The van der Waals surface area contributed by atoms with Gasteiger partial charge < -0.3 is 68.9 Å². The number of esters is 1. The smallest absolute Gasteiger partial charge is 0.306 e. The Morgan fingerprint density at radius 3 is 1.69 bits per heavy atom. The van der Waals surface area contributed by atoms with E-state index in [-0.39, 0.29) is 12.5 Å². The molecule has 16 atom stereocenters. The summed E-state index contributed by atoms with van der Waals surface area (Å²) in [6, 6.07) is 0. The van der Waals surface area contributed by atoms with Gasteiger partial charge in [-0.3, -0.25) is 4.79 Å². The number of rotatable bonds is 5. The maximum Gasteiger partial charge on any atom is 0.306 e. The molecule has 0 saturated carbocycles. The third-order valence-electron chi connectivity index (χ3n) is 10.1. The van der Waals surface area contributed by atoms with Crippen LogP contribution in [0.1, 0.15) is 104 Å². The van der Waals surface area contributed by atoms with Gasteiger partial charge in [-0.25, -0.2) is 0 Å². The van der Waals surface area contributed by atoms with E-state index in [0.29, 0.717) is 6.42 Å². The number of carbonyl (C=O) groups excluding carboxylic acids is 1. The van der Waals surface area contributed by atoms with Crippen LogP contribution in [-0.2, 0) is 38.0 Å². The number of hydrogen-bond acceptors (Lipinski definition) is 15. The molecule has 4 aliphatic heterocycles. The second-order valence-electron chi connectivity index (χ2n) is 14.0. The minimum absolute atomic E-state index is 0.0673. The van der Waals surface area contributed by atoms with Crippen LogP contribution in [0.15, 0.2) is 0 Å². The predicted molar refractivity (Wildman–Crippen MR) is 171 cm³/mol. The van der Waals surface area contributed by atoms with Crippen LogP contribution in [0, 0.1) is 0 Å². The molecule has 0 aliphatic carbocycles. The fourth-order valence-electron chi connectivity index (χ4n) is 6.94. The largest absolute Gasteiger partial charge is 0.454 e. The minimum Gasteiger partial charge on any atom is -0.454 e. The molecule has 0 aromatic rings. The summed E-state index contributed by atoms with van der Waals surface area (Å²) < 4.78 is 42.1. The molecule has 4 saturated heterocycles. The van der Waals surface area contributed by atoms with E-state index in [0.717, 1.165) is 70.6 Å². The summed E-state index contributed by atoms with van der Waals surface area (Å²) in [4.78, 5) is 12.9. The van der Waals surface area contributed by atoms with Crippen LogP contribution >= 0.6 is 0 Å². The van der Waals surface area contributed by atoms with E-state index < -0.39 is 105 Å². The number of ether oxygens (including phenoxy) is 7. The summed E-state index contributed by atoms with van der Waals surface area (Å²) in [5.41, 5.74) is 0. The summed E-state index contributed by atoms with van der Waals surface area (Å²) in [6.45, 7) is 4.48. The van der Waals surface area contributed by atoms with Gasteiger partial charge in [0.25, 0.3) is 0 Å². The van der Waals surface area contributed by atoms with Gasteiger partial charge in [-0.1, -0.05) is 64.7 Å². The average molecular weight is 709 g/mol. The molecule has 49 heavy (non-hydrogen) atoms. The molecule has 0 aromatic heterocycles. The van der Waals surface area contributed by atoms with Gasteiger partial charge in [0, 0.05) is 6.42 Å². The summed E-state index contributed by atoms with van der Waals surface area (Å²) >= 11 is 0. The highest BCUT2D eigenvalue weighted by Crippen LogP contribution is 2.35. The molecule has 0 radical (unpaired) electrons. The fourth-order valence-corrected chi connectivity index (χ4v) is 6.94. The third-order valence-corrected chi connectivity index (χ3v) is 10.1. The molecule has 7 N–H and O–H groups in total. The van der Waals surface area contributed by atoms with E-state index in [4.69, 9.17) is 33.2 Å². The van der Waals surface area contributed by atoms with Crippen LogP contribution in [0.5, 0.6) is 0 Å². The number of fused-ring (bicyclic) bond motifs is 3. The van der Waals surface area contributed by atoms with E-state index in [2.05, 4.69) is 6.92 Å². The molecule has 0 amide bonds. The number of hydrogen-bond donors (Lipinski definition) is 7. The fraction of sp³-hybridized carbons (Fsp3) is 0.971. The van der Waals surface area contributed by atoms with Gasteiger partial charge in [0.05, 0.1) is 24.9 Å².